The molecule has 0 saturated heterocycles. The number of nitrogens with two attached hydrogens (primary N) is 1. The highest BCUT2D eigenvalue weighted by atomic mass is 35.5. The van der Waals surface area contributed by atoms with E-state index in [1.807, 2.05) is 0 Å². The van der Waals surface area contributed by atoms with Gasteiger partial charge in [0.2, 0.25) is 5.96 Å². The molecule has 0 aliphatic carbocycles. The second kappa shape index (κ2) is 10.1. The first-order valence-electron chi connectivity index (χ1n) is 8.10. The number of alkyl halides is 3. The standard InChI is InChI=1S/C19H16Cl2F3N5/c1-29(27-12-14-4-7-15(8-5-14)19(22,23)24)18(25)28-26-10-2-3-13-6-9-16(20)17(21)11-13/h2-12H,1H3,(H2,25,28). The molecule has 2 N–H and O–H groups in total. The van der Waals surface area contributed by atoms with Crippen LogP contribution in [-0.2, 0) is 6.18 Å². The molecule has 2 aromatic carbocycles. The third-order valence-electron chi connectivity index (χ3n) is 3.49. The number of nitrogens with zero attached hydrogens (tertiary/aromatic N) is 4. The third-order valence-corrected chi connectivity index (χ3v) is 4.23. The van der Waals surface area contributed by atoms with Gasteiger partial charge in [-0.1, -0.05) is 47.5 Å². The van der Waals surface area contributed by atoms with Crippen LogP contribution in [0.2, 0.25) is 10.0 Å². The summed E-state index contributed by atoms with van der Waals surface area (Å²) in [4.78, 5) is 0. The third kappa shape index (κ3) is 7.24. The second-order valence-corrected chi connectivity index (χ2v) is 6.46. The van der Waals surface area contributed by atoms with E-state index in [2.05, 4.69) is 15.3 Å². The van der Waals surface area contributed by atoms with Gasteiger partial charge in [-0.3, -0.25) is 0 Å². The fourth-order valence-electron chi connectivity index (χ4n) is 1.94. The highest BCUT2D eigenvalue weighted by Gasteiger charge is 2.29. The summed E-state index contributed by atoms with van der Waals surface area (Å²) in [7, 11) is 1.53. The lowest BCUT2D eigenvalue weighted by Crippen LogP contribution is -2.29. The zero-order valence-corrected chi connectivity index (χ0v) is 16.6. The van der Waals surface area contributed by atoms with Crippen molar-refractivity contribution in [3.05, 3.63) is 75.3 Å². The van der Waals surface area contributed by atoms with Gasteiger partial charge in [0, 0.05) is 13.3 Å². The van der Waals surface area contributed by atoms with Crippen molar-refractivity contribution in [1.29, 1.82) is 0 Å². The molecule has 2 aromatic rings. The Kier molecular flexibility index (Phi) is 7.81. The maximum atomic E-state index is 12.5. The first kappa shape index (κ1) is 22.4. The van der Waals surface area contributed by atoms with Crippen LogP contribution in [0, 0.1) is 0 Å². The Morgan fingerprint density at radius 2 is 1.69 bits per heavy atom. The second-order valence-electron chi connectivity index (χ2n) is 5.64. The quantitative estimate of drug-likeness (QED) is 0.389. The van der Waals surface area contributed by atoms with Gasteiger partial charge >= 0.3 is 6.18 Å². The Morgan fingerprint density at radius 1 is 1.03 bits per heavy atom. The maximum Gasteiger partial charge on any atom is 0.416 e. The van der Waals surface area contributed by atoms with E-state index in [4.69, 9.17) is 28.9 Å². The van der Waals surface area contributed by atoms with E-state index in [1.54, 1.807) is 30.4 Å². The van der Waals surface area contributed by atoms with Crippen LogP contribution in [0.5, 0.6) is 0 Å². The molecule has 2 rings (SSSR count). The SMILES string of the molecule is CN(N=Cc1ccc(C(F)(F)F)cc1)/C(N)=N\N=CC=Cc1ccc(Cl)c(Cl)c1. The minimum absolute atomic E-state index is 0.00708. The topological polar surface area (TPSA) is 66.3 Å². The molecule has 0 bridgehead atoms. The minimum atomic E-state index is -4.38. The lowest BCUT2D eigenvalue weighted by atomic mass is 10.1. The summed E-state index contributed by atoms with van der Waals surface area (Å²) in [5, 5.41) is 13.7. The molecular formula is C19H16Cl2F3N5. The number of benzene rings is 2. The summed E-state index contributed by atoms with van der Waals surface area (Å²) in [6, 6.07) is 9.74. The highest BCUT2D eigenvalue weighted by Crippen LogP contribution is 2.28. The number of rotatable bonds is 5. The molecule has 0 spiro atoms. The highest BCUT2D eigenvalue weighted by molar-refractivity contribution is 6.42. The minimum Gasteiger partial charge on any atom is -0.367 e. The zero-order valence-electron chi connectivity index (χ0n) is 15.1. The fourth-order valence-corrected chi connectivity index (χ4v) is 2.24. The molecule has 0 aliphatic heterocycles. The Labute approximate surface area is 175 Å². The van der Waals surface area contributed by atoms with Gasteiger partial charge in [0.15, 0.2) is 0 Å². The summed E-state index contributed by atoms with van der Waals surface area (Å²) in [5.74, 6) is -0.00708. The van der Waals surface area contributed by atoms with Gasteiger partial charge in [0.1, 0.15) is 0 Å². The summed E-state index contributed by atoms with van der Waals surface area (Å²) in [6.07, 6.45) is 1.79. The van der Waals surface area contributed by atoms with Gasteiger partial charge in [0.05, 0.1) is 21.8 Å². The first-order chi connectivity index (χ1) is 13.7. The molecule has 0 fully saturated rings. The van der Waals surface area contributed by atoms with Crippen LogP contribution in [0.1, 0.15) is 16.7 Å². The molecule has 0 heterocycles. The van der Waals surface area contributed by atoms with E-state index < -0.39 is 11.7 Å². The number of allylic oxidation sites excluding steroid dienone is 1. The molecule has 0 saturated carbocycles. The van der Waals surface area contributed by atoms with Gasteiger partial charge < -0.3 is 5.73 Å². The van der Waals surface area contributed by atoms with Crippen LogP contribution in [0.15, 0.2) is 63.8 Å². The van der Waals surface area contributed by atoms with E-state index in [1.165, 1.54) is 36.6 Å². The van der Waals surface area contributed by atoms with Crippen LogP contribution in [-0.4, -0.2) is 30.4 Å². The summed E-state index contributed by atoms with van der Waals surface area (Å²) in [5.41, 5.74) is 6.32. The van der Waals surface area contributed by atoms with E-state index in [9.17, 15) is 13.2 Å². The number of guanidine groups is 1. The average Bonchev–Trinajstić information content (AvgIpc) is 2.68. The lowest BCUT2D eigenvalue weighted by molar-refractivity contribution is -0.137. The van der Waals surface area contributed by atoms with Crippen LogP contribution >= 0.6 is 23.2 Å². The smallest absolute Gasteiger partial charge is 0.367 e. The number of hydrazone groups is 1. The van der Waals surface area contributed by atoms with Crippen molar-refractivity contribution in [2.75, 3.05) is 7.05 Å². The largest absolute Gasteiger partial charge is 0.416 e. The van der Waals surface area contributed by atoms with Crippen molar-refractivity contribution in [3.63, 3.8) is 0 Å². The summed E-state index contributed by atoms with van der Waals surface area (Å²) in [6.45, 7) is 0. The molecule has 0 atom stereocenters. The Hall–Kier alpha value is -2.84. The predicted molar refractivity (Wildman–Crippen MR) is 112 cm³/mol. The molecule has 0 aromatic heterocycles. The predicted octanol–water partition coefficient (Wildman–Crippen LogP) is 5.29. The van der Waals surface area contributed by atoms with E-state index in [0.717, 1.165) is 17.7 Å². The van der Waals surface area contributed by atoms with Crippen molar-refractivity contribution in [3.8, 4) is 0 Å². The Bertz CT molecular complexity index is 951. The van der Waals surface area contributed by atoms with Crippen LogP contribution < -0.4 is 5.73 Å². The van der Waals surface area contributed by atoms with Gasteiger partial charge in [-0.2, -0.15) is 23.4 Å². The van der Waals surface area contributed by atoms with Crippen molar-refractivity contribution < 1.29 is 13.2 Å². The van der Waals surface area contributed by atoms with Crippen LogP contribution in [0.4, 0.5) is 13.2 Å². The van der Waals surface area contributed by atoms with Crippen molar-refractivity contribution in [1.82, 2.24) is 5.01 Å². The van der Waals surface area contributed by atoms with Gasteiger partial charge in [-0.15, -0.1) is 5.10 Å². The van der Waals surface area contributed by atoms with Gasteiger partial charge in [0.25, 0.3) is 0 Å². The van der Waals surface area contributed by atoms with Gasteiger partial charge in [-0.05, 0) is 41.5 Å². The Balaban J connectivity index is 1.92. The molecule has 0 radical (unpaired) electrons. The van der Waals surface area contributed by atoms with E-state index >= 15 is 0 Å². The molecule has 152 valence electrons. The van der Waals surface area contributed by atoms with Crippen molar-refractivity contribution in [2.45, 2.75) is 6.18 Å². The number of hydrogen-bond donors (Lipinski definition) is 1. The number of hydrogen-bond acceptors (Lipinski definition) is 3. The number of halogens is 5. The maximum absolute atomic E-state index is 12.5. The molecule has 0 unspecified atom stereocenters. The lowest BCUT2D eigenvalue weighted by Gasteiger charge is -2.09. The summed E-state index contributed by atoms with van der Waals surface area (Å²) >= 11 is 11.8. The normalized spacial score (nSPS) is 13.1. The fraction of sp³-hybridized carbons (Fsp3) is 0.105. The molecule has 0 aliphatic rings. The Morgan fingerprint density at radius 3 is 2.31 bits per heavy atom. The van der Waals surface area contributed by atoms with Gasteiger partial charge in [-0.25, -0.2) is 5.01 Å². The zero-order chi connectivity index (χ0) is 21.4. The summed E-state index contributed by atoms with van der Waals surface area (Å²) < 4.78 is 37.6. The average molecular weight is 442 g/mol. The van der Waals surface area contributed by atoms with E-state index in [-0.39, 0.29) is 5.96 Å². The van der Waals surface area contributed by atoms with Crippen molar-refractivity contribution in [2.24, 2.45) is 21.0 Å². The van der Waals surface area contributed by atoms with Crippen LogP contribution in [0.3, 0.4) is 0 Å². The van der Waals surface area contributed by atoms with Crippen molar-refractivity contribution >= 4 is 47.7 Å². The monoisotopic (exact) mass is 441 g/mol. The first-order valence-corrected chi connectivity index (χ1v) is 8.85. The molecule has 0 amide bonds. The molecule has 5 nitrogen and oxygen atoms in total. The molecule has 29 heavy (non-hydrogen) atoms. The van der Waals surface area contributed by atoms with E-state index in [0.29, 0.717) is 15.6 Å². The molecular weight excluding hydrogens is 426 g/mol. The molecule has 10 heteroatoms. The van der Waals surface area contributed by atoms with Crippen LogP contribution in [0.25, 0.3) is 6.08 Å².